The minimum absolute atomic E-state index is 0.117. The Morgan fingerprint density at radius 1 is 1.21 bits per heavy atom. The molecule has 1 aromatic rings. The van der Waals surface area contributed by atoms with Gasteiger partial charge < -0.3 is 4.74 Å². The molecular weight excluding hydrogens is 326 g/mol. The zero-order valence-corrected chi connectivity index (χ0v) is 15.3. The van der Waals surface area contributed by atoms with Crippen molar-refractivity contribution in [2.45, 2.75) is 57.2 Å². The van der Waals surface area contributed by atoms with E-state index < -0.39 is 16.3 Å². The predicted molar refractivity (Wildman–Crippen MR) is 90.9 cm³/mol. The first-order valence-corrected chi connectivity index (χ1v) is 10.0. The van der Waals surface area contributed by atoms with Crippen molar-refractivity contribution in [1.82, 2.24) is 4.31 Å². The number of rotatable bonds is 4. The number of carbonyl (C=O) groups excluding carboxylic acids is 1. The molecule has 0 N–H and O–H groups in total. The Kier molecular flexibility index (Phi) is 4.82. The van der Waals surface area contributed by atoms with Crippen LogP contribution in [0.4, 0.5) is 0 Å². The van der Waals surface area contributed by atoms with Crippen LogP contribution in [0.2, 0.25) is 0 Å². The van der Waals surface area contributed by atoms with Gasteiger partial charge in [-0.2, -0.15) is 4.31 Å². The van der Waals surface area contributed by atoms with Gasteiger partial charge in [0.1, 0.15) is 12.0 Å². The van der Waals surface area contributed by atoms with Crippen molar-refractivity contribution < 1.29 is 17.9 Å². The van der Waals surface area contributed by atoms with Gasteiger partial charge in [0, 0.05) is 6.42 Å². The van der Waals surface area contributed by atoms with Gasteiger partial charge in [0.15, 0.2) is 0 Å². The molecule has 0 spiro atoms. The van der Waals surface area contributed by atoms with E-state index in [1.165, 1.54) is 4.31 Å². The van der Waals surface area contributed by atoms with Crippen molar-refractivity contribution in [3.8, 4) is 0 Å². The number of sulfonamides is 1. The second-order valence-corrected chi connectivity index (χ2v) is 8.99. The van der Waals surface area contributed by atoms with E-state index in [1.807, 2.05) is 20.8 Å². The van der Waals surface area contributed by atoms with Gasteiger partial charge in [0.25, 0.3) is 0 Å². The van der Waals surface area contributed by atoms with Crippen LogP contribution >= 0.6 is 0 Å². The van der Waals surface area contributed by atoms with Gasteiger partial charge in [-0.1, -0.05) is 31.5 Å². The number of carbonyl (C=O) groups is 1. The lowest BCUT2D eigenvalue weighted by Gasteiger charge is -2.31. The Bertz CT molecular complexity index is 711. The first-order valence-electron chi connectivity index (χ1n) is 8.57. The Morgan fingerprint density at radius 2 is 1.88 bits per heavy atom. The minimum Gasteiger partial charge on any atom is -0.360 e. The second kappa shape index (κ2) is 6.58. The van der Waals surface area contributed by atoms with E-state index in [-0.39, 0.29) is 28.6 Å². The molecule has 1 saturated heterocycles. The van der Waals surface area contributed by atoms with Gasteiger partial charge in [0.05, 0.1) is 23.5 Å². The number of benzene rings is 1. The maximum atomic E-state index is 13.3. The van der Waals surface area contributed by atoms with Gasteiger partial charge in [-0.05, 0) is 37.8 Å². The Hall–Kier alpha value is -1.24. The molecule has 1 aromatic carbocycles. The molecule has 0 amide bonds. The molecule has 0 aromatic heterocycles. The lowest BCUT2D eigenvalue weighted by molar-refractivity contribution is -0.125. The monoisotopic (exact) mass is 351 g/mol. The molecule has 2 fully saturated rings. The lowest BCUT2D eigenvalue weighted by Crippen LogP contribution is -2.47. The van der Waals surface area contributed by atoms with E-state index in [2.05, 4.69) is 0 Å². The molecule has 5 nitrogen and oxygen atoms in total. The maximum Gasteiger partial charge on any atom is 0.245 e. The van der Waals surface area contributed by atoms with Crippen molar-refractivity contribution in [1.29, 1.82) is 0 Å². The zero-order valence-electron chi connectivity index (χ0n) is 14.4. The summed E-state index contributed by atoms with van der Waals surface area (Å²) in [5.41, 5.74) is 1.01. The molecular formula is C18H25NO4S. The van der Waals surface area contributed by atoms with Gasteiger partial charge in [0.2, 0.25) is 10.0 Å². The number of ketones is 1. The number of nitrogens with zero attached hydrogens (tertiary/aromatic N) is 1. The first-order chi connectivity index (χ1) is 11.3. The topological polar surface area (TPSA) is 63.7 Å². The standard InChI is InChI=1S/C18H25NO4S/c1-12(2)16-11-23-18(15-5-4-6-17(15)20)19(16)24(21,22)14-9-7-13(3)8-10-14/h7-10,12,15-16,18H,4-6,11H2,1-3H3/t15-,16-,18+/m1/s1. The van der Waals surface area contributed by atoms with Crippen LogP contribution in [0.25, 0.3) is 0 Å². The van der Waals surface area contributed by atoms with Crippen LogP contribution in [0.5, 0.6) is 0 Å². The van der Waals surface area contributed by atoms with Crippen LogP contribution in [0.15, 0.2) is 29.2 Å². The molecule has 1 aliphatic heterocycles. The van der Waals surface area contributed by atoms with Crippen LogP contribution in [-0.2, 0) is 19.6 Å². The average molecular weight is 351 g/mol. The third kappa shape index (κ3) is 3.03. The van der Waals surface area contributed by atoms with Gasteiger partial charge in [-0.3, -0.25) is 4.79 Å². The third-order valence-corrected chi connectivity index (χ3v) is 6.98. The summed E-state index contributed by atoms with van der Waals surface area (Å²) in [7, 11) is -3.70. The molecule has 24 heavy (non-hydrogen) atoms. The third-order valence-electron chi connectivity index (χ3n) is 5.08. The summed E-state index contributed by atoms with van der Waals surface area (Å²) < 4.78 is 33.9. The van der Waals surface area contributed by atoms with Crippen molar-refractivity contribution in [2.24, 2.45) is 11.8 Å². The summed E-state index contributed by atoms with van der Waals surface area (Å²) in [6.45, 7) is 6.25. The molecule has 0 radical (unpaired) electrons. The van der Waals surface area contributed by atoms with E-state index in [0.29, 0.717) is 19.4 Å². The van der Waals surface area contributed by atoms with E-state index in [0.717, 1.165) is 12.0 Å². The molecule has 3 rings (SSSR count). The molecule has 0 unspecified atom stereocenters. The summed E-state index contributed by atoms with van der Waals surface area (Å²) in [4.78, 5) is 12.5. The molecule has 2 aliphatic rings. The number of hydrogen-bond acceptors (Lipinski definition) is 4. The van der Waals surface area contributed by atoms with Gasteiger partial charge in [-0.15, -0.1) is 0 Å². The summed E-state index contributed by atoms with van der Waals surface area (Å²) in [5, 5.41) is 0. The predicted octanol–water partition coefficient (Wildman–Crippen LogP) is 2.74. The smallest absolute Gasteiger partial charge is 0.245 e. The number of aryl methyl sites for hydroxylation is 1. The maximum absolute atomic E-state index is 13.3. The highest BCUT2D eigenvalue weighted by Gasteiger charge is 2.50. The van der Waals surface area contributed by atoms with Crippen LogP contribution < -0.4 is 0 Å². The normalized spacial score (nSPS) is 28.8. The van der Waals surface area contributed by atoms with Gasteiger partial charge >= 0.3 is 0 Å². The largest absolute Gasteiger partial charge is 0.360 e. The number of ether oxygens (including phenoxy) is 1. The van der Waals surface area contributed by atoms with Crippen LogP contribution in [0, 0.1) is 18.8 Å². The summed E-state index contributed by atoms with van der Waals surface area (Å²) in [6, 6.07) is 6.62. The Morgan fingerprint density at radius 3 is 2.42 bits per heavy atom. The Balaban J connectivity index is 2.00. The van der Waals surface area contributed by atoms with E-state index in [4.69, 9.17) is 4.74 Å². The van der Waals surface area contributed by atoms with E-state index in [9.17, 15) is 13.2 Å². The zero-order chi connectivity index (χ0) is 17.5. The summed E-state index contributed by atoms with van der Waals surface area (Å²) >= 11 is 0. The molecule has 1 heterocycles. The molecule has 3 atom stereocenters. The molecule has 0 bridgehead atoms. The van der Waals surface area contributed by atoms with Crippen LogP contribution in [0.3, 0.4) is 0 Å². The van der Waals surface area contributed by atoms with E-state index in [1.54, 1.807) is 24.3 Å². The Labute approximate surface area is 144 Å². The van der Waals surface area contributed by atoms with Crippen molar-refractivity contribution >= 4 is 15.8 Å². The highest BCUT2D eigenvalue weighted by atomic mass is 32.2. The molecule has 1 aliphatic carbocycles. The van der Waals surface area contributed by atoms with E-state index >= 15 is 0 Å². The molecule has 1 saturated carbocycles. The lowest BCUT2D eigenvalue weighted by atomic mass is 10.0. The second-order valence-electron chi connectivity index (χ2n) is 7.15. The minimum atomic E-state index is -3.70. The highest BCUT2D eigenvalue weighted by molar-refractivity contribution is 7.89. The highest BCUT2D eigenvalue weighted by Crippen LogP contribution is 2.38. The van der Waals surface area contributed by atoms with Crippen LogP contribution in [-0.4, -0.2) is 37.4 Å². The number of hydrogen-bond donors (Lipinski definition) is 0. The van der Waals surface area contributed by atoms with Crippen molar-refractivity contribution in [2.75, 3.05) is 6.61 Å². The summed E-state index contributed by atoms with van der Waals surface area (Å²) in [5.74, 6) is -0.103. The summed E-state index contributed by atoms with van der Waals surface area (Å²) in [6.07, 6.45) is 1.37. The SMILES string of the molecule is Cc1ccc(S(=O)(=O)N2[C@@H](C(C)C)CO[C@H]2[C@@H]2CCCC2=O)cc1. The molecule has 132 valence electrons. The van der Waals surface area contributed by atoms with Gasteiger partial charge in [-0.25, -0.2) is 8.42 Å². The fraction of sp³-hybridized carbons (Fsp3) is 0.611. The molecule has 6 heteroatoms. The van der Waals surface area contributed by atoms with Crippen molar-refractivity contribution in [3.05, 3.63) is 29.8 Å². The fourth-order valence-electron chi connectivity index (χ4n) is 3.60. The van der Waals surface area contributed by atoms with Crippen molar-refractivity contribution in [3.63, 3.8) is 0 Å². The first kappa shape index (κ1) is 17.6. The average Bonchev–Trinajstić information content (AvgIpc) is 3.13. The fourth-order valence-corrected chi connectivity index (χ4v) is 5.47. The quantitative estimate of drug-likeness (QED) is 0.837. The number of Topliss-reactive ketones (excluding diaryl/α,β-unsaturated/α-hetero) is 1. The van der Waals surface area contributed by atoms with Crippen LogP contribution in [0.1, 0.15) is 38.7 Å².